The number of fused-ring (bicyclic) bond motifs is 1. The van der Waals surface area contributed by atoms with E-state index in [0.717, 1.165) is 15.6 Å². The number of halogens is 1. The van der Waals surface area contributed by atoms with Gasteiger partial charge in [-0.25, -0.2) is 4.39 Å². The second-order valence-electron chi connectivity index (χ2n) is 4.60. The SMILES string of the molecule is CNC(C)CNC(=O)c1sc2ccc(F)cc2c1C. The zero-order valence-corrected chi connectivity index (χ0v) is 12.0. The summed E-state index contributed by atoms with van der Waals surface area (Å²) in [6.45, 7) is 4.42. The van der Waals surface area contributed by atoms with Crippen LogP contribution in [0.25, 0.3) is 10.1 Å². The Morgan fingerprint density at radius 2 is 2.21 bits per heavy atom. The molecule has 0 bridgehead atoms. The maximum atomic E-state index is 13.2. The van der Waals surface area contributed by atoms with E-state index in [1.807, 2.05) is 20.9 Å². The molecule has 2 N–H and O–H groups in total. The van der Waals surface area contributed by atoms with Crippen molar-refractivity contribution in [2.45, 2.75) is 19.9 Å². The van der Waals surface area contributed by atoms with Gasteiger partial charge in [-0.1, -0.05) is 0 Å². The molecule has 0 fully saturated rings. The molecule has 1 amide bonds. The van der Waals surface area contributed by atoms with Gasteiger partial charge in [0.05, 0.1) is 4.88 Å². The van der Waals surface area contributed by atoms with Crippen LogP contribution in [0.4, 0.5) is 4.39 Å². The maximum absolute atomic E-state index is 13.2. The third kappa shape index (κ3) is 2.93. The number of aryl methyl sites for hydroxylation is 1. The van der Waals surface area contributed by atoms with Crippen LogP contribution in [0.3, 0.4) is 0 Å². The topological polar surface area (TPSA) is 41.1 Å². The van der Waals surface area contributed by atoms with Crippen LogP contribution in [0.5, 0.6) is 0 Å². The molecule has 0 aliphatic rings. The van der Waals surface area contributed by atoms with Crippen molar-refractivity contribution in [2.24, 2.45) is 0 Å². The number of hydrogen-bond donors (Lipinski definition) is 2. The van der Waals surface area contributed by atoms with E-state index in [9.17, 15) is 9.18 Å². The van der Waals surface area contributed by atoms with Gasteiger partial charge in [0.2, 0.25) is 0 Å². The molecule has 0 aliphatic heterocycles. The molecule has 0 aliphatic carbocycles. The zero-order valence-electron chi connectivity index (χ0n) is 11.2. The van der Waals surface area contributed by atoms with Gasteiger partial charge in [0, 0.05) is 17.3 Å². The molecule has 3 nitrogen and oxygen atoms in total. The molecule has 1 aromatic heterocycles. The normalized spacial score (nSPS) is 12.6. The summed E-state index contributed by atoms with van der Waals surface area (Å²) in [7, 11) is 1.85. The molecule has 19 heavy (non-hydrogen) atoms. The van der Waals surface area contributed by atoms with Crippen molar-refractivity contribution in [3.63, 3.8) is 0 Å². The van der Waals surface area contributed by atoms with Gasteiger partial charge in [-0.15, -0.1) is 11.3 Å². The fourth-order valence-electron chi connectivity index (χ4n) is 1.84. The Bertz CT molecular complexity index is 609. The maximum Gasteiger partial charge on any atom is 0.261 e. The lowest BCUT2D eigenvalue weighted by Gasteiger charge is -2.10. The fourth-order valence-corrected chi connectivity index (χ4v) is 2.94. The molecule has 0 spiro atoms. The van der Waals surface area contributed by atoms with Crippen molar-refractivity contribution in [1.29, 1.82) is 0 Å². The van der Waals surface area contributed by atoms with Gasteiger partial charge in [0.15, 0.2) is 0 Å². The number of rotatable bonds is 4. The molecule has 102 valence electrons. The van der Waals surface area contributed by atoms with Crippen molar-refractivity contribution < 1.29 is 9.18 Å². The Labute approximate surface area is 115 Å². The number of thiophene rings is 1. The van der Waals surface area contributed by atoms with Gasteiger partial charge in [-0.3, -0.25) is 4.79 Å². The average Bonchev–Trinajstić information content (AvgIpc) is 2.73. The van der Waals surface area contributed by atoms with Crippen LogP contribution >= 0.6 is 11.3 Å². The summed E-state index contributed by atoms with van der Waals surface area (Å²) in [6.07, 6.45) is 0. The molecule has 2 aromatic rings. The van der Waals surface area contributed by atoms with Gasteiger partial charge in [-0.05, 0) is 50.0 Å². The van der Waals surface area contributed by atoms with E-state index in [1.54, 1.807) is 6.07 Å². The highest BCUT2D eigenvalue weighted by Gasteiger charge is 2.16. The third-order valence-corrected chi connectivity index (χ3v) is 4.44. The largest absolute Gasteiger partial charge is 0.350 e. The summed E-state index contributed by atoms with van der Waals surface area (Å²) in [6, 6.07) is 4.84. The molecule has 1 aromatic carbocycles. The Kier molecular flexibility index (Phi) is 4.17. The lowest BCUT2D eigenvalue weighted by atomic mass is 10.1. The Hall–Kier alpha value is -1.46. The molecular formula is C14H17FN2OS. The first-order chi connectivity index (χ1) is 9.02. The Morgan fingerprint density at radius 3 is 2.89 bits per heavy atom. The predicted molar refractivity (Wildman–Crippen MR) is 77.4 cm³/mol. The van der Waals surface area contributed by atoms with Crippen molar-refractivity contribution >= 4 is 27.3 Å². The van der Waals surface area contributed by atoms with Crippen molar-refractivity contribution in [3.05, 3.63) is 34.5 Å². The number of carbonyl (C=O) groups is 1. The van der Waals surface area contributed by atoms with Crippen LogP contribution in [-0.2, 0) is 0 Å². The van der Waals surface area contributed by atoms with Gasteiger partial charge >= 0.3 is 0 Å². The molecule has 1 heterocycles. The lowest BCUT2D eigenvalue weighted by molar-refractivity contribution is 0.0954. The minimum absolute atomic E-state index is 0.0961. The highest BCUT2D eigenvalue weighted by atomic mass is 32.1. The number of benzene rings is 1. The first kappa shape index (κ1) is 14.0. The number of carbonyl (C=O) groups excluding carboxylic acids is 1. The van der Waals surface area contributed by atoms with Gasteiger partial charge < -0.3 is 10.6 Å². The molecule has 0 radical (unpaired) electrons. The van der Waals surface area contributed by atoms with E-state index in [2.05, 4.69) is 10.6 Å². The molecule has 0 saturated carbocycles. The van der Waals surface area contributed by atoms with Crippen LogP contribution < -0.4 is 10.6 Å². The summed E-state index contributed by atoms with van der Waals surface area (Å²) in [4.78, 5) is 12.8. The summed E-state index contributed by atoms with van der Waals surface area (Å²) < 4.78 is 14.2. The molecule has 1 unspecified atom stereocenters. The van der Waals surface area contributed by atoms with E-state index in [-0.39, 0.29) is 17.8 Å². The highest BCUT2D eigenvalue weighted by molar-refractivity contribution is 7.21. The van der Waals surface area contributed by atoms with Crippen LogP contribution in [0.1, 0.15) is 22.2 Å². The predicted octanol–water partition coefficient (Wildman–Crippen LogP) is 2.69. The zero-order chi connectivity index (χ0) is 14.0. The van der Waals surface area contributed by atoms with Crippen molar-refractivity contribution in [2.75, 3.05) is 13.6 Å². The summed E-state index contributed by atoms with van der Waals surface area (Å²) in [5.74, 6) is -0.370. The summed E-state index contributed by atoms with van der Waals surface area (Å²) in [5, 5.41) is 6.76. The van der Waals surface area contributed by atoms with E-state index in [0.29, 0.717) is 11.4 Å². The Balaban J connectivity index is 2.25. The number of hydrogen-bond acceptors (Lipinski definition) is 3. The monoisotopic (exact) mass is 280 g/mol. The molecule has 2 rings (SSSR count). The minimum atomic E-state index is -0.274. The smallest absolute Gasteiger partial charge is 0.261 e. The van der Waals surface area contributed by atoms with Gasteiger partial charge in [0.1, 0.15) is 5.82 Å². The van der Waals surface area contributed by atoms with Crippen molar-refractivity contribution in [3.8, 4) is 0 Å². The second kappa shape index (κ2) is 5.67. The van der Waals surface area contributed by atoms with E-state index in [4.69, 9.17) is 0 Å². The highest BCUT2D eigenvalue weighted by Crippen LogP contribution is 2.31. The van der Waals surface area contributed by atoms with Crippen molar-refractivity contribution in [1.82, 2.24) is 10.6 Å². The third-order valence-electron chi connectivity index (χ3n) is 3.17. The summed E-state index contributed by atoms with van der Waals surface area (Å²) >= 11 is 1.40. The molecule has 0 saturated heterocycles. The van der Waals surface area contributed by atoms with E-state index < -0.39 is 0 Å². The molecule has 1 atom stereocenters. The molecule has 5 heteroatoms. The van der Waals surface area contributed by atoms with Crippen LogP contribution in [-0.4, -0.2) is 25.5 Å². The lowest BCUT2D eigenvalue weighted by Crippen LogP contribution is -2.37. The first-order valence-electron chi connectivity index (χ1n) is 6.17. The van der Waals surface area contributed by atoms with E-state index in [1.165, 1.54) is 23.5 Å². The average molecular weight is 280 g/mol. The molecular weight excluding hydrogens is 263 g/mol. The van der Waals surface area contributed by atoms with Crippen LogP contribution in [0.15, 0.2) is 18.2 Å². The van der Waals surface area contributed by atoms with E-state index >= 15 is 0 Å². The number of amides is 1. The standard InChI is InChI=1S/C14H17FN2OS/c1-8(16-3)7-17-14(18)13-9(2)11-6-10(15)4-5-12(11)19-13/h4-6,8,16H,7H2,1-3H3,(H,17,18). The first-order valence-corrected chi connectivity index (χ1v) is 6.98. The minimum Gasteiger partial charge on any atom is -0.350 e. The number of likely N-dealkylation sites (N-methyl/N-ethyl adjacent to an activating group) is 1. The van der Waals surface area contributed by atoms with Gasteiger partial charge in [-0.2, -0.15) is 0 Å². The Morgan fingerprint density at radius 1 is 1.47 bits per heavy atom. The van der Waals surface area contributed by atoms with Gasteiger partial charge in [0.25, 0.3) is 5.91 Å². The number of nitrogens with one attached hydrogen (secondary N) is 2. The second-order valence-corrected chi connectivity index (χ2v) is 5.65. The van der Waals surface area contributed by atoms with Crippen LogP contribution in [0.2, 0.25) is 0 Å². The fraction of sp³-hybridized carbons (Fsp3) is 0.357. The quantitative estimate of drug-likeness (QED) is 0.904. The summed E-state index contributed by atoms with van der Waals surface area (Å²) in [5.41, 5.74) is 0.842. The van der Waals surface area contributed by atoms with Crippen LogP contribution in [0, 0.1) is 12.7 Å².